The quantitative estimate of drug-likeness (QED) is 0.779. The van der Waals surface area contributed by atoms with Crippen LogP contribution in [-0.2, 0) is 6.54 Å². The minimum atomic E-state index is 0.509. The second-order valence-corrected chi connectivity index (χ2v) is 5.61. The lowest BCUT2D eigenvalue weighted by Gasteiger charge is -2.21. The molecule has 0 spiro atoms. The molecule has 0 aliphatic carbocycles. The summed E-state index contributed by atoms with van der Waals surface area (Å²) in [4.78, 5) is 2.54. The van der Waals surface area contributed by atoms with Gasteiger partial charge in [-0.15, -0.1) is 0 Å². The van der Waals surface area contributed by atoms with E-state index in [0.29, 0.717) is 12.1 Å². The Bertz CT molecular complexity index is 350. The maximum Gasteiger partial charge on any atom is 0.0765 e. The van der Waals surface area contributed by atoms with E-state index in [4.69, 9.17) is 0 Å². The third kappa shape index (κ3) is 3.10. The van der Waals surface area contributed by atoms with E-state index in [0.717, 1.165) is 18.3 Å². The van der Waals surface area contributed by atoms with E-state index >= 15 is 0 Å². The Morgan fingerprint density at radius 3 is 3.12 bits per heavy atom. The summed E-state index contributed by atoms with van der Waals surface area (Å²) in [5.41, 5.74) is 1.21. The van der Waals surface area contributed by atoms with E-state index in [1.54, 1.807) is 0 Å². The van der Waals surface area contributed by atoms with Gasteiger partial charge in [-0.05, 0) is 38.8 Å². The molecule has 2 rings (SSSR count). The Labute approximate surface area is 112 Å². The highest BCUT2D eigenvalue weighted by molar-refractivity contribution is 9.09. The van der Waals surface area contributed by atoms with Crippen molar-refractivity contribution in [1.29, 1.82) is 0 Å². The number of likely N-dealkylation sites (tertiary alicyclic amines) is 1. The molecule has 0 saturated carbocycles. The maximum atomic E-state index is 4.67. The van der Waals surface area contributed by atoms with Crippen LogP contribution in [0.3, 0.4) is 0 Å². The number of hydrogen-bond acceptors (Lipinski definition) is 2. The molecule has 0 radical (unpaired) electrons. The molecule has 2 unspecified atom stereocenters. The van der Waals surface area contributed by atoms with Gasteiger partial charge in [-0.2, -0.15) is 5.10 Å². The lowest BCUT2D eigenvalue weighted by molar-refractivity contribution is 0.260. The van der Waals surface area contributed by atoms with Crippen LogP contribution in [0.5, 0.6) is 0 Å². The van der Waals surface area contributed by atoms with Gasteiger partial charge < -0.3 is 0 Å². The van der Waals surface area contributed by atoms with Crippen LogP contribution in [0.25, 0.3) is 0 Å². The molecule has 4 heteroatoms. The predicted octanol–water partition coefficient (Wildman–Crippen LogP) is 3.21. The molecule has 1 aromatic heterocycles. The lowest BCUT2D eigenvalue weighted by atomic mass is 10.2. The van der Waals surface area contributed by atoms with Crippen LogP contribution in [-0.4, -0.2) is 32.6 Å². The van der Waals surface area contributed by atoms with E-state index in [1.165, 1.54) is 25.1 Å². The first kappa shape index (κ1) is 13.1. The fourth-order valence-electron chi connectivity index (χ4n) is 2.38. The molecule has 0 N–H and O–H groups in total. The Morgan fingerprint density at radius 1 is 1.59 bits per heavy atom. The molecular weight excluding hydrogens is 278 g/mol. The SMILES string of the molecule is CCC(C)n1ccc(CN2CCCC2CBr)n1. The average molecular weight is 300 g/mol. The highest BCUT2D eigenvalue weighted by atomic mass is 79.9. The first-order valence-electron chi connectivity index (χ1n) is 6.58. The molecule has 96 valence electrons. The first-order valence-corrected chi connectivity index (χ1v) is 7.70. The van der Waals surface area contributed by atoms with Crippen LogP contribution in [0, 0.1) is 0 Å². The zero-order valence-electron chi connectivity index (χ0n) is 10.8. The molecule has 2 atom stereocenters. The maximum absolute atomic E-state index is 4.67. The van der Waals surface area contributed by atoms with E-state index in [9.17, 15) is 0 Å². The van der Waals surface area contributed by atoms with E-state index in [2.05, 4.69) is 56.7 Å². The number of halogens is 1. The van der Waals surface area contributed by atoms with Crippen molar-refractivity contribution < 1.29 is 0 Å². The van der Waals surface area contributed by atoms with Gasteiger partial charge in [0.15, 0.2) is 0 Å². The molecule has 0 amide bonds. The standard InChI is InChI=1S/C13H22BrN3/c1-3-11(2)17-8-6-12(15-17)10-16-7-4-5-13(16)9-14/h6,8,11,13H,3-5,7,9-10H2,1-2H3. The van der Waals surface area contributed by atoms with Gasteiger partial charge in [0, 0.05) is 30.2 Å². The summed E-state index contributed by atoms with van der Waals surface area (Å²) >= 11 is 3.60. The molecule has 1 aliphatic heterocycles. The van der Waals surface area contributed by atoms with Crippen LogP contribution in [0.4, 0.5) is 0 Å². The average Bonchev–Trinajstić information content (AvgIpc) is 2.97. The Morgan fingerprint density at radius 2 is 2.41 bits per heavy atom. The van der Waals surface area contributed by atoms with Gasteiger partial charge in [0.1, 0.15) is 0 Å². The van der Waals surface area contributed by atoms with Gasteiger partial charge in [0.25, 0.3) is 0 Å². The number of alkyl halides is 1. The molecule has 0 bridgehead atoms. The molecule has 0 aromatic carbocycles. The van der Waals surface area contributed by atoms with Gasteiger partial charge in [-0.25, -0.2) is 0 Å². The molecule has 1 aromatic rings. The van der Waals surface area contributed by atoms with Crippen molar-refractivity contribution >= 4 is 15.9 Å². The van der Waals surface area contributed by atoms with E-state index in [1.807, 2.05) is 0 Å². The van der Waals surface area contributed by atoms with Crippen LogP contribution >= 0.6 is 15.9 Å². The fourth-order valence-corrected chi connectivity index (χ4v) is 3.11. The van der Waals surface area contributed by atoms with Crippen LogP contribution in [0.15, 0.2) is 12.3 Å². The summed E-state index contributed by atoms with van der Waals surface area (Å²) in [5, 5.41) is 5.76. The Kier molecular flexibility index (Phi) is 4.62. The molecule has 1 saturated heterocycles. The van der Waals surface area contributed by atoms with Crippen LogP contribution in [0.2, 0.25) is 0 Å². The minimum absolute atomic E-state index is 0.509. The summed E-state index contributed by atoms with van der Waals surface area (Å²) in [6.45, 7) is 6.63. The molecule has 1 aliphatic rings. The molecular formula is C13H22BrN3. The van der Waals surface area contributed by atoms with Gasteiger partial charge in [-0.3, -0.25) is 9.58 Å². The highest BCUT2D eigenvalue weighted by Gasteiger charge is 2.23. The zero-order valence-corrected chi connectivity index (χ0v) is 12.4. The predicted molar refractivity (Wildman–Crippen MR) is 74.5 cm³/mol. The van der Waals surface area contributed by atoms with Gasteiger partial charge in [0.2, 0.25) is 0 Å². The van der Waals surface area contributed by atoms with E-state index in [-0.39, 0.29) is 0 Å². The first-order chi connectivity index (χ1) is 8.24. The van der Waals surface area contributed by atoms with Crippen molar-refractivity contribution in [2.24, 2.45) is 0 Å². The van der Waals surface area contributed by atoms with Gasteiger partial charge >= 0.3 is 0 Å². The molecule has 3 nitrogen and oxygen atoms in total. The summed E-state index contributed by atoms with van der Waals surface area (Å²) < 4.78 is 2.09. The van der Waals surface area contributed by atoms with E-state index < -0.39 is 0 Å². The van der Waals surface area contributed by atoms with Crippen LogP contribution in [0.1, 0.15) is 44.8 Å². The zero-order chi connectivity index (χ0) is 12.3. The Hall–Kier alpha value is -0.350. The lowest BCUT2D eigenvalue weighted by Crippen LogP contribution is -2.30. The summed E-state index contributed by atoms with van der Waals surface area (Å²) in [7, 11) is 0. The fraction of sp³-hybridized carbons (Fsp3) is 0.769. The second-order valence-electron chi connectivity index (χ2n) is 4.97. The van der Waals surface area contributed by atoms with Gasteiger partial charge in [0.05, 0.1) is 5.69 Å². The molecule has 17 heavy (non-hydrogen) atoms. The summed E-state index contributed by atoms with van der Waals surface area (Å²) in [5.74, 6) is 0. The van der Waals surface area contributed by atoms with Crippen molar-refractivity contribution in [3.05, 3.63) is 18.0 Å². The number of rotatable bonds is 5. The largest absolute Gasteiger partial charge is 0.294 e. The molecule has 1 fully saturated rings. The number of aromatic nitrogens is 2. The monoisotopic (exact) mass is 299 g/mol. The van der Waals surface area contributed by atoms with Crippen molar-refractivity contribution in [2.45, 2.75) is 51.7 Å². The minimum Gasteiger partial charge on any atom is -0.294 e. The number of nitrogens with zero attached hydrogens (tertiary/aromatic N) is 3. The van der Waals surface area contributed by atoms with Gasteiger partial charge in [-0.1, -0.05) is 22.9 Å². The van der Waals surface area contributed by atoms with Crippen molar-refractivity contribution in [3.63, 3.8) is 0 Å². The molecule has 2 heterocycles. The third-order valence-corrected chi connectivity index (χ3v) is 4.50. The smallest absolute Gasteiger partial charge is 0.0765 e. The number of hydrogen-bond donors (Lipinski definition) is 0. The highest BCUT2D eigenvalue weighted by Crippen LogP contribution is 2.21. The third-order valence-electron chi connectivity index (χ3n) is 3.75. The van der Waals surface area contributed by atoms with Crippen LogP contribution < -0.4 is 0 Å². The van der Waals surface area contributed by atoms with Crippen molar-refractivity contribution in [2.75, 3.05) is 11.9 Å². The summed E-state index contributed by atoms with van der Waals surface area (Å²) in [6, 6.07) is 3.37. The van der Waals surface area contributed by atoms with Crippen molar-refractivity contribution in [1.82, 2.24) is 14.7 Å². The topological polar surface area (TPSA) is 21.1 Å². The summed E-state index contributed by atoms with van der Waals surface area (Å²) in [6.07, 6.45) is 5.89. The Balaban J connectivity index is 1.96. The normalized spacial score (nSPS) is 23.1. The van der Waals surface area contributed by atoms with Crippen molar-refractivity contribution in [3.8, 4) is 0 Å². The second kappa shape index (κ2) is 6.01.